The summed E-state index contributed by atoms with van der Waals surface area (Å²) in [5.41, 5.74) is 2.02. The zero-order chi connectivity index (χ0) is 12.1. The van der Waals surface area contributed by atoms with Gasteiger partial charge in [0.05, 0.1) is 20.3 Å². The van der Waals surface area contributed by atoms with Gasteiger partial charge in [-0.1, -0.05) is 12.1 Å². The van der Waals surface area contributed by atoms with Crippen LogP contribution in [0.4, 0.5) is 0 Å². The number of ether oxygens (including phenoxy) is 2. The Morgan fingerprint density at radius 1 is 1.25 bits per heavy atom. The quantitative estimate of drug-likeness (QED) is 0.850. The Morgan fingerprint density at radius 2 is 1.88 bits per heavy atom. The molecule has 1 aromatic carbocycles. The van der Waals surface area contributed by atoms with Gasteiger partial charge in [-0.3, -0.25) is 0 Å². The minimum Gasteiger partial charge on any atom is -0.493 e. The van der Waals surface area contributed by atoms with E-state index in [2.05, 4.69) is 0 Å². The van der Waals surface area contributed by atoms with Crippen LogP contribution in [-0.2, 0) is 0 Å². The molecule has 0 fully saturated rings. The molecular weight excluding hydrogens is 204 g/mol. The molecular formula is C13H18O3. The first-order chi connectivity index (χ1) is 7.58. The van der Waals surface area contributed by atoms with Crippen LogP contribution >= 0.6 is 0 Å². The standard InChI is InChI=1S/C13H18O3/c1-9(7-10(2)14)11-5-6-12(15-3)13(8-11)16-4/h5-8,10,14H,1-4H3/b9-7+. The molecule has 88 valence electrons. The molecule has 3 nitrogen and oxygen atoms in total. The molecule has 0 aromatic heterocycles. The summed E-state index contributed by atoms with van der Waals surface area (Å²) in [6.45, 7) is 3.68. The lowest BCUT2D eigenvalue weighted by molar-refractivity contribution is 0.244. The van der Waals surface area contributed by atoms with Gasteiger partial charge in [-0.2, -0.15) is 0 Å². The Morgan fingerprint density at radius 3 is 2.38 bits per heavy atom. The van der Waals surface area contributed by atoms with E-state index < -0.39 is 6.10 Å². The van der Waals surface area contributed by atoms with Gasteiger partial charge in [0.1, 0.15) is 0 Å². The Labute approximate surface area is 96.3 Å². The largest absolute Gasteiger partial charge is 0.493 e. The number of benzene rings is 1. The summed E-state index contributed by atoms with van der Waals surface area (Å²) in [5, 5.41) is 9.28. The summed E-state index contributed by atoms with van der Waals surface area (Å²) in [4.78, 5) is 0. The van der Waals surface area contributed by atoms with Gasteiger partial charge in [0.2, 0.25) is 0 Å². The second-order valence-electron chi connectivity index (χ2n) is 3.66. The lowest BCUT2D eigenvalue weighted by Crippen LogP contribution is -1.95. The zero-order valence-corrected chi connectivity index (χ0v) is 10.2. The molecule has 0 amide bonds. The van der Waals surface area contributed by atoms with Crippen LogP contribution in [0.25, 0.3) is 5.57 Å². The molecule has 0 saturated heterocycles. The van der Waals surface area contributed by atoms with E-state index >= 15 is 0 Å². The Kier molecular flexibility index (Phi) is 4.38. The average Bonchev–Trinajstić information content (AvgIpc) is 2.27. The van der Waals surface area contributed by atoms with Crippen LogP contribution in [0.3, 0.4) is 0 Å². The van der Waals surface area contributed by atoms with Crippen LogP contribution < -0.4 is 9.47 Å². The highest BCUT2D eigenvalue weighted by molar-refractivity contribution is 5.66. The van der Waals surface area contributed by atoms with Crippen molar-refractivity contribution < 1.29 is 14.6 Å². The van der Waals surface area contributed by atoms with Crippen LogP contribution in [0.2, 0.25) is 0 Å². The smallest absolute Gasteiger partial charge is 0.161 e. The Balaban J connectivity index is 3.08. The van der Waals surface area contributed by atoms with E-state index in [-0.39, 0.29) is 0 Å². The lowest BCUT2D eigenvalue weighted by Gasteiger charge is -2.10. The van der Waals surface area contributed by atoms with Crippen LogP contribution in [0.15, 0.2) is 24.3 Å². The molecule has 0 aliphatic heterocycles. The zero-order valence-electron chi connectivity index (χ0n) is 10.2. The van der Waals surface area contributed by atoms with Crippen LogP contribution in [0, 0.1) is 0 Å². The fourth-order valence-corrected chi connectivity index (χ4v) is 1.54. The molecule has 1 atom stereocenters. The molecule has 1 aromatic rings. The molecule has 1 rings (SSSR count). The molecule has 0 aliphatic rings. The third-order valence-corrected chi connectivity index (χ3v) is 2.33. The SMILES string of the molecule is COc1ccc(/C(C)=C/C(C)O)cc1OC. The minimum atomic E-state index is -0.451. The highest BCUT2D eigenvalue weighted by atomic mass is 16.5. The van der Waals surface area contributed by atoms with Crippen molar-refractivity contribution in [3.8, 4) is 11.5 Å². The number of rotatable bonds is 4. The van der Waals surface area contributed by atoms with Gasteiger partial charge in [-0.05, 0) is 37.1 Å². The van der Waals surface area contributed by atoms with E-state index in [0.717, 1.165) is 11.1 Å². The van der Waals surface area contributed by atoms with E-state index in [9.17, 15) is 5.11 Å². The van der Waals surface area contributed by atoms with Crippen LogP contribution in [0.5, 0.6) is 11.5 Å². The van der Waals surface area contributed by atoms with Gasteiger partial charge in [-0.15, -0.1) is 0 Å². The van der Waals surface area contributed by atoms with Gasteiger partial charge in [-0.25, -0.2) is 0 Å². The van der Waals surface area contributed by atoms with Crippen LogP contribution in [-0.4, -0.2) is 25.4 Å². The van der Waals surface area contributed by atoms with E-state index in [1.165, 1.54) is 0 Å². The summed E-state index contributed by atoms with van der Waals surface area (Å²) >= 11 is 0. The van der Waals surface area contributed by atoms with Crippen molar-refractivity contribution in [1.82, 2.24) is 0 Å². The first kappa shape index (κ1) is 12.6. The first-order valence-electron chi connectivity index (χ1n) is 5.17. The number of hydrogen-bond donors (Lipinski definition) is 1. The van der Waals surface area contributed by atoms with Crippen molar-refractivity contribution in [2.75, 3.05) is 14.2 Å². The maximum Gasteiger partial charge on any atom is 0.161 e. The van der Waals surface area contributed by atoms with Crippen molar-refractivity contribution >= 4 is 5.57 Å². The average molecular weight is 222 g/mol. The number of allylic oxidation sites excluding steroid dienone is 1. The van der Waals surface area contributed by atoms with Gasteiger partial charge in [0, 0.05) is 0 Å². The maximum absolute atomic E-state index is 9.28. The highest BCUT2D eigenvalue weighted by Crippen LogP contribution is 2.30. The summed E-state index contributed by atoms with van der Waals surface area (Å²) in [5.74, 6) is 1.40. The molecule has 0 spiro atoms. The Hall–Kier alpha value is -1.48. The minimum absolute atomic E-state index is 0.451. The van der Waals surface area contributed by atoms with E-state index in [0.29, 0.717) is 11.5 Å². The normalized spacial score (nSPS) is 13.4. The number of aliphatic hydroxyl groups is 1. The van der Waals surface area contributed by atoms with E-state index in [1.807, 2.05) is 25.1 Å². The fraction of sp³-hybridized carbons (Fsp3) is 0.385. The molecule has 16 heavy (non-hydrogen) atoms. The lowest BCUT2D eigenvalue weighted by atomic mass is 10.1. The third-order valence-electron chi connectivity index (χ3n) is 2.33. The summed E-state index contributed by atoms with van der Waals surface area (Å²) in [7, 11) is 3.21. The molecule has 3 heteroatoms. The van der Waals surface area contributed by atoms with Gasteiger partial charge >= 0.3 is 0 Å². The molecule has 1 N–H and O–H groups in total. The topological polar surface area (TPSA) is 38.7 Å². The maximum atomic E-state index is 9.28. The molecule has 0 aliphatic carbocycles. The highest BCUT2D eigenvalue weighted by Gasteiger charge is 2.05. The van der Waals surface area contributed by atoms with Crippen molar-refractivity contribution in [2.45, 2.75) is 20.0 Å². The monoisotopic (exact) mass is 222 g/mol. The number of hydrogen-bond acceptors (Lipinski definition) is 3. The number of methoxy groups -OCH3 is 2. The van der Waals surface area contributed by atoms with Gasteiger partial charge in [0.15, 0.2) is 11.5 Å². The summed E-state index contributed by atoms with van der Waals surface area (Å²) < 4.78 is 10.4. The molecule has 1 unspecified atom stereocenters. The Bertz CT molecular complexity index is 381. The van der Waals surface area contributed by atoms with Crippen molar-refractivity contribution in [3.63, 3.8) is 0 Å². The van der Waals surface area contributed by atoms with Crippen LogP contribution in [0.1, 0.15) is 19.4 Å². The molecule has 0 bridgehead atoms. The van der Waals surface area contributed by atoms with Gasteiger partial charge in [0.25, 0.3) is 0 Å². The number of aliphatic hydroxyl groups excluding tert-OH is 1. The summed E-state index contributed by atoms with van der Waals surface area (Å²) in [6, 6.07) is 5.69. The summed E-state index contributed by atoms with van der Waals surface area (Å²) in [6.07, 6.45) is 1.34. The predicted octanol–water partition coefficient (Wildman–Crippen LogP) is 2.49. The third kappa shape index (κ3) is 3.00. The molecule has 0 radical (unpaired) electrons. The van der Waals surface area contributed by atoms with Crippen molar-refractivity contribution in [1.29, 1.82) is 0 Å². The first-order valence-corrected chi connectivity index (χ1v) is 5.17. The van der Waals surface area contributed by atoms with E-state index in [4.69, 9.17) is 9.47 Å². The molecule has 0 heterocycles. The fourth-order valence-electron chi connectivity index (χ4n) is 1.54. The predicted molar refractivity (Wildman–Crippen MR) is 64.9 cm³/mol. The second-order valence-corrected chi connectivity index (χ2v) is 3.66. The van der Waals surface area contributed by atoms with E-state index in [1.54, 1.807) is 27.2 Å². The molecule has 0 saturated carbocycles. The van der Waals surface area contributed by atoms with Gasteiger partial charge < -0.3 is 14.6 Å². The van der Waals surface area contributed by atoms with Crippen molar-refractivity contribution in [2.24, 2.45) is 0 Å². The van der Waals surface area contributed by atoms with Crippen molar-refractivity contribution in [3.05, 3.63) is 29.8 Å². The second kappa shape index (κ2) is 5.56.